The molecule has 0 radical (unpaired) electrons. The highest BCUT2D eigenvalue weighted by molar-refractivity contribution is 5.85. The molecule has 1 atom stereocenters. The van der Waals surface area contributed by atoms with Crippen LogP contribution in [-0.2, 0) is 4.79 Å². The number of amides is 1. The molecule has 1 rings (SSSR count). The molecule has 0 aromatic rings. The molecule has 120 valence electrons. The fourth-order valence-electron chi connectivity index (χ4n) is 2.53. The minimum absolute atomic E-state index is 0. The Hall–Kier alpha value is -0.320. The SMILES string of the molecule is CC(C)CN(CCN(C)C)C(=O)CCC1CCNC1.Cl. The lowest BCUT2D eigenvalue weighted by molar-refractivity contribution is -0.132. The molecule has 0 spiro atoms. The van der Waals surface area contributed by atoms with Gasteiger partial charge in [0.05, 0.1) is 0 Å². The van der Waals surface area contributed by atoms with Crippen molar-refractivity contribution in [3.05, 3.63) is 0 Å². The summed E-state index contributed by atoms with van der Waals surface area (Å²) >= 11 is 0. The molecule has 1 fully saturated rings. The third kappa shape index (κ3) is 8.08. The first-order chi connectivity index (χ1) is 8.99. The average Bonchev–Trinajstić information content (AvgIpc) is 2.83. The molecular formula is C15H32ClN3O. The standard InChI is InChI=1S/C15H31N3O.ClH/c1-13(2)12-18(10-9-17(3)4)15(19)6-5-14-7-8-16-11-14;/h13-14,16H,5-12H2,1-4H3;1H. The van der Waals surface area contributed by atoms with Crippen LogP contribution in [0.15, 0.2) is 0 Å². The number of carbonyl (C=O) groups excluding carboxylic acids is 1. The molecule has 0 aromatic heterocycles. The van der Waals surface area contributed by atoms with Crippen LogP contribution in [0.2, 0.25) is 0 Å². The number of hydrogen-bond donors (Lipinski definition) is 1. The summed E-state index contributed by atoms with van der Waals surface area (Å²) in [6.45, 7) is 9.25. The van der Waals surface area contributed by atoms with E-state index in [2.05, 4.69) is 38.2 Å². The Morgan fingerprint density at radius 3 is 2.50 bits per heavy atom. The molecule has 4 nitrogen and oxygen atoms in total. The Labute approximate surface area is 130 Å². The van der Waals surface area contributed by atoms with Gasteiger partial charge in [-0.15, -0.1) is 12.4 Å². The Bertz CT molecular complexity index is 266. The number of hydrogen-bond acceptors (Lipinski definition) is 3. The van der Waals surface area contributed by atoms with E-state index in [9.17, 15) is 4.79 Å². The van der Waals surface area contributed by atoms with Crippen molar-refractivity contribution in [1.29, 1.82) is 0 Å². The summed E-state index contributed by atoms with van der Waals surface area (Å²) in [4.78, 5) is 16.5. The quantitative estimate of drug-likeness (QED) is 0.743. The summed E-state index contributed by atoms with van der Waals surface area (Å²) in [5, 5.41) is 3.37. The molecule has 20 heavy (non-hydrogen) atoms. The van der Waals surface area contributed by atoms with Crippen LogP contribution in [0.1, 0.15) is 33.1 Å². The van der Waals surface area contributed by atoms with Crippen LogP contribution in [0.5, 0.6) is 0 Å². The van der Waals surface area contributed by atoms with E-state index in [-0.39, 0.29) is 12.4 Å². The Morgan fingerprint density at radius 1 is 1.30 bits per heavy atom. The largest absolute Gasteiger partial charge is 0.341 e. The fourth-order valence-corrected chi connectivity index (χ4v) is 2.53. The summed E-state index contributed by atoms with van der Waals surface area (Å²) in [6.07, 6.45) is 2.99. The first-order valence-electron chi connectivity index (χ1n) is 7.62. The monoisotopic (exact) mass is 305 g/mol. The van der Waals surface area contributed by atoms with Crippen LogP contribution < -0.4 is 5.32 Å². The highest BCUT2D eigenvalue weighted by Crippen LogP contribution is 2.15. The van der Waals surface area contributed by atoms with E-state index in [1.807, 2.05) is 4.90 Å². The molecule has 0 aromatic carbocycles. The lowest BCUT2D eigenvalue weighted by Crippen LogP contribution is -2.39. The summed E-state index contributed by atoms with van der Waals surface area (Å²) in [6, 6.07) is 0. The highest BCUT2D eigenvalue weighted by atomic mass is 35.5. The smallest absolute Gasteiger partial charge is 0.222 e. The third-order valence-electron chi connectivity index (χ3n) is 3.68. The highest BCUT2D eigenvalue weighted by Gasteiger charge is 2.19. The van der Waals surface area contributed by atoms with Crippen LogP contribution in [0.4, 0.5) is 0 Å². The second-order valence-corrected chi connectivity index (χ2v) is 6.43. The van der Waals surface area contributed by atoms with Gasteiger partial charge < -0.3 is 15.1 Å². The van der Waals surface area contributed by atoms with Gasteiger partial charge in [-0.2, -0.15) is 0 Å². The molecule has 1 heterocycles. The van der Waals surface area contributed by atoms with Crippen LogP contribution in [0.25, 0.3) is 0 Å². The maximum atomic E-state index is 12.3. The van der Waals surface area contributed by atoms with Crippen LogP contribution in [0.3, 0.4) is 0 Å². The van der Waals surface area contributed by atoms with E-state index in [1.54, 1.807) is 0 Å². The van der Waals surface area contributed by atoms with E-state index in [0.717, 1.165) is 39.1 Å². The van der Waals surface area contributed by atoms with Gasteiger partial charge >= 0.3 is 0 Å². The van der Waals surface area contributed by atoms with Gasteiger partial charge in [0.25, 0.3) is 0 Å². The molecule has 0 saturated carbocycles. The normalized spacial score (nSPS) is 18.4. The molecule has 1 aliphatic rings. The van der Waals surface area contributed by atoms with Crippen molar-refractivity contribution in [3.8, 4) is 0 Å². The number of likely N-dealkylation sites (N-methyl/N-ethyl adjacent to an activating group) is 1. The predicted molar refractivity (Wildman–Crippen MR) is 87.4 cm³/mol. The number of rotatable bonds is 8. The van der Waals surface area contributed by atoms with E-state index < -0.39 is 0 Å². The molecule has 5 heteroatoms. The maximum Gasteiger partial charge on any atom is 0.222 e. The Kier molecular flexibility index (Phi) is 10.2. The number of halogens is 1. The van der Waals surface area contributed by atoms with E-state index >= 15 is 0 Å². The second-order valence-electron chi connectivity index (χ2n) is 6.43. The molecule has 0 bridgehead atoms. The van der Waals surface area contributed by atoms with Gasteiger partial charge in [0.2, 0.25) is 5.91 Å². The first-order valence-corrected chi connectivity index (χ1v) is 7.62. The summed E-state index contributed by atoms with van der Waals surface area (Å²) < 4.78 is 0. The van der Waals surface area contributed by atoms with Crippen LogP contribution in [-0.4, -0.2) is 62.5 Å². The van der Waals surface area contributed by atoms with Crippen molar-refractivity contribution in [1.82, 2.24) is 15.1 Å². The van der Waals surface area contributed by atoms with Gasteiger partial charge in [-0.3, -0.25) is 4.79 Å². The van der Waals surface area contributed by atoms with Gasteiger partial charge in [0.1, 0.15) is 0 Å². The molecule has 0 aliphatic carbocycles. The minimum Gasteiger partial charge on any atom is -0.341 e. The van der Waals surface area contributed by atoms with Crippen molar-refractivity contribution in [2.24, 2.45) is 11.8 Å². The minimum atomic E-state index is 0. The van der Waals surface area contributed by atoms with Crippen molar-refractivity contribution >= 4 is 18.3 Å². The van der Waals surface area contributed by atoms with Gasteiger partial charge in [-0.05, 0) is 51.9 Å². The van der Waals surface area contributed by atoms with Crippen molar-refractivity contribution < 1.29 is 4.79 Å². The molecular weight excluding hydrogens is 274 g/mol. The maximum absolute atomic E-state index is 12.3. The molecule has 1 saturated heterocycles. The second kappa shape index (κ2) is 10.4. The lowest BCUT2D eigenvalue weighted by atomic mass is 10.0. The average molecular weight is 306 g/mol. The fraction of sp³-hybridized carbons (Fsp3) is 0.933. The van der Waals surface area contributed by atoms with E-state index in [0.29, 0.717) is 24.2 Å². The number of nitrogens with zero attached hydrogens (tertiary/aromatic N) is 2. The zero-order valence-corrected chi connectivity index (χ0v) is 14.3. The van der Waals surface area contributed by atoms with Gasteiger partial charge in [-0.1, -0.05) is 13.8 Å². The van der Waals surface area contributed by atoms with Crippen molar-refractivity contribution in [3.63, 3.8) is 0 Å². The number of nitrogens with one attached hydrogen (secondary N) is 1. The molecule has 1 unspecified atom stereocenters. The Morgan fingerprint density at radius 2 is 2.00 bits per heavy atom. The third-order valence-corrected chi connectivity index (χ3v) is 3.68. The summed E-state index contributed by atoms with van der Waals surface area (Å²) in [5.41, 5.74) is 0. The van der Waals surface area contributed by atoms with Crippen molar-refractivity contribution in [2.45, 2.75) is 33.1 Å². The van der Waals surface area contributed by atoms with Gasteiger partial charge in [0.15, 0.2) is 0 Å². The summed E-state index contributed by atoms with van der Waals surface area (Å²) in [7, 11) is 4.12. The van der Waals surface area contributed by atoms with Crippen LogP contribution >= 0.6 is 12.4 Å². The lowest BCUT2D eigenvalue weighted by Gasteiger charge is -2.26. The molecule has 1 amide bonds. The summed E-state index contributed by atoms with van der Waals surface area (Å²) in [5.74, 6) is 1.58. The topological polar surface area (TPSA) is 35.6 Å². The first kappa shape index (κ1) is 19.7. The zero-order valence-electron chi connectivity index (χ0n) is 13.5. The van der Waals surface area contributed by atoms with E-state index in [1.165, 1.54) is 6.42 Å². The Balaban J connectivity index is 0.00000361. The molecule has 1 aliphatic heterocycles. The molecule has 1 N–H and O–H groups in total. The zero-order chi connectivity index (χ0) is 14.3. The van der Waals surface area contributed by atoms with Crippen LogP contribution in [0, 0.1) is 11.8 Å². The number of carbonyl (C=O) groups is 1. The van der Waals surface area contributed by atoms with Gasteiger partial charge in [0, 0.05) is 26.1 Å². The van der Waals surface area contributed by atoms with Crippen molar-refractivity contribution in [2.75, 3.05) is 46.8 Å². The van der Waals surface area contributed by atoms with Gasteiger partial charge in [-0.25, -0.2) is 0 Å². The van der Waals surface area contributed by atoms with E-state index in [4.69, 9.17) is 0 Å². The predicted octanol–water partition coefficient (Wildman–Crippen LogP) is 1.84.